The SMILES string of the molecule is C=C(C)C(=O)OC1(C)C2CC3CC(C2)CC1C3.C=C(C)C(=O)OC12CC3CC(CC(C3)C1)C2. The second-order valence-corrected chi connectivity index (χ2v) is 12.9. The largest absolute Gasteiger partial charge is 0.456 e. The van der Waals surface area contributed by atoms with Crippen LogP contribution < -0.4 is 0 Å². The summed E-state index contributed by atoms with van der Waals surface area (Å²) in [6, 6.07) is 0. The molecule has 0 aromatic rings. The number of carbonyl (C=O) groups excluding carboxylic acids is 2. The van der Waals surface area contributed by atoms with E-state index >= 15 is 0 Å². The molecule has 8 bridgehead atoms. The standard InChI is InChI=1S/C15H22O2.C14H20O2/c1-9(2)14(16)17-15(3)12-5-10-4-11(7-12)8-13(15)6-10;1-9(2)13(15)16-14-6-10-3-11(7-14)5-12(4-10)8-14/h10-13H,1,4-8H2,2-3H3;10-12H,1,3-8H2,2H3. The Morgan fingerprint density at radius 1 is 0.636 bits per heavy atom. The molecule has 0 unspecified atom stereocenters. The monoisotopic (exact) mass is 454 g/mol. The van der Waals surface area contributed by atoms with Crippen LogP contribution in [0.15, 0.2) is 24.3 Å². The molecule has 0 aromatic carbocycles. The second-order valence-electron chi connectivity index (χ2n) is 12.9. The zero-order valence-corrected chi connectivity index (χ0v) is 20.9. The van der Waals surface area contributed by atoms with Gasteiger partial charge >= 0.3 is 11.9 Å². The molecule has 4 heteroatoms. The molecule has 33 heavy (non-hydrogen) atoms. The Morgan fingerprint density at radius 3 is 1.39 bits per heavy atom. The van der Waals surface area contributed by atoms with Crippen LogP contribution in [-0.4, -0.2) is 23.1 Å². The number of carbonyl (C=O) groups is 2. The van der Waals surface area contributed by atoms with Crippen molar-refractivity contribution in [2.75, 3.05) is 0 Å². The summed E-state index contributed by atoms with van der Waals surface area (Å²) in [6.07, 6.45) is 14.0. The highest BCUT2D eigenvalue weighted by atomic mass is 16.6. The Morgan fingerprint density at radius 2 is 1.00 bits per heavy atom. The summed E-state index contributed by atoms with van der Waals surface area (Å²) in [7, 11) is 0. The Hall–Kier alpha value is -1.58. The molecule has 8 saturated carbocycles. The van der Waals surface area contributed by atoms with E-state index in [2.05, 4.69) is 20.1 Å². The summed E-state index contributed by atoms with van der Waals surface area (Å²) in [6.45, 7) is 13.0. The molecular formula is C29H42O4. The van der Waals surface area contributed by atoms with Gasteiger partial charge in [0.2, 0.25) is 0 Å². The molecule has 4 nitrogen and oxygen atoms in total. The topological polar surface area (TPSA) is 52.6 Å². The van der Waals surface area contributed by atoms with E-state index in [0.29, 0.717) is 23.0 Å². The van der Waals surface area contributed by atoms with E-state index in [9.17, 15) is 9.59 Å². The highest BCUT2D eigenvalue weighted by molar-refractivity contribution is 5.87. The fourth-order valence-electron chi connectivity index (χ4n) is 9.01. The minimum atomic E-state index is -0.205. The van der Waals surface area contributed by atoms with Gasteiger partial charge in [-0.25, -0.2) is 9.59 Å². The van der Waals surface area contributed by atoms with Gasteiger partial charge in [-0.2, -0.15) is 0 Å². The normalized spacial score (nSPS) is 45.7. The summed E-state index contributed by atoms with van der Waals surface area (Å²) in [5, 5.41) is 0. The molecule has 0 atom stereocenters. The Bertz CT molecular complexity index is 788. The molecule has 0 aromatic heterocycles. The van der Waals surface area contributed by atoms with Crippen LogP contribution in [0.25, 0.3) is 0 Å². The molecule has 8 rings (SSSR count). The van der Waals surface area contributed by atoms with E-state index in [1.165, 1.54) is 51.4 Å². The fourth-order valence-corrected chi connectivity index (χ4v) is 9.01. The van der Waals surface area contributed by atoms with Crippen LogP contribution in [-0.2, 0) is 19.1 Å². The highest BCUT2D eigenvalue weighted by Crippen LogP contribution is 2.60. The van der Waals surface area contributed by atoms with Crippen LogP contribution in [0.1, 0.15) is 91.4 Å². The summed E-state index contributed by atoms with van der Waals surface area (Å²) in [5.41, 5.74) is 0.754. The van der Waals surface area contributed by atoms with Gasteiger partial charge in [0.15, 0.2) is 0 Å². The van der Waals surface area contributed by atoms with Crippen molar-refractivity contribution < 1.29 is 19.1 Å². The van der Waals surface area contributed by atoms with E-state index in [4.69, 9.17) is 9.47 Å². The second kappa shape index (κ2) is 8.27. The van der Waals surface area contributed by atoms with Crippen molar-refractivity contribution >= 4 is 11.9 Å². The van der Waals surface area contributed by atoms with Crippen molar-refractivity contribution in [1.82, 2.24) is 0 Å². The zero-order valence-electron chi connectivity index (χ0n) is 20.9. The number of rotatable bonds is 4. The van der Waals surface area contributed by atoms with E-state index in [1.807, 2.05) is 0 Å². The summed E-state index contributed by atoms with van der Waals surface area (Å²) in [4.78, 5) is 23.5. The number of ether oxygens (including phenoxy) is 2. The van der Waals surface area contributed by atoms with Crippen molar-refractivity contribution in [2.45, 2.75) is 103 Å². The zero-order chi connectivity index (χ0) is 23.5. The average Bonchev–Trinajstić information content (AvgIpc) is 2.70. The van der Waals surface area contributed by atoms with Gasteiger partial charge in [-0.15, -0.1) is 0 Å². The molecule has 0 radical (unpaired) electrons. The van der Waals surface area contributed by atoms with Crippen molar-refractivity contribution in [3.8, 4) is 0 Å². The van der Waals surface area contributed by atoms with Crippen molar-refractivity contribution in [1.29, 1.82) is 0 Å². The van der Waals surface area contributed by atoms with Gasteiger partial charge in [0.1, 0.15) is 11.2 Å². The van der Waals surface area contributed by atoms with Gasteiger partial charge in [0.05, 0.1) is 0 Å². The first-order valence-electron chi connectivity index (χ1n) is 13.3. The lowest BCUT2D eigenvalue weighted by Gasteiger charge is -2.59. The molecule has 0 aliphatic heterocycles. The molecule has 0 N–H and O–H groups in total. The molecular weight excluding hydrogens is 412 g/mol. The van der Waals surface area contributed by atoms with Crippen molar-refractivity contribution in [3.05, 3.63) is 24.3 Å². The molecule has 8 fully saturated rings. The first kappa shape index (κ1) is 23.2. The fraction of sp³-hybridized carbons (Fsp3) is 0.793. The Balaban J connectivity index is 0.000000139. The summed E-state index contributed by atoms with van der Waals surface area (Å²) >= 11 is 0. The molecule has 0 spiro atoms. The summed E-state index contributed by atoms with van der Waals surface area (Å²) in [5.74, 6) is 5.12. The minimum absolute atomic E-state index is 0.106. The number of esters is 2. The first-order chi connectivity index (χ1) is 15.5. The maximum Gasteiger partial charge on any atom is 0.333 e. The highest BCUT2D eigenvalue weighted by Gasteiger charge is 2.57. The maximum atomic E-state index is 11.8. The van der Waals surface area contributed by atoms with Gasteiger partial charge in [0, 0.05) is 11.1 Å². The lowest BCUT2D eigenvalue weighted by atomic mass is 9.50. The number of hydrogen-bond donors (Lipinski definition) is 0. The maximum absolute atomic E-state index is 11.8. The van der Waals surface area contributed by atoms with Crippen LogP contribution >= 0.6 is 0 Å². The molecule has 0 heterocycles. The van der Waals surface area contributed by atoms with Crippen LogP contribution in [0, 0.1) is 41.4 Å². The van der Waals surface area contributed by atoms with Crippen LogP contribution in [0.5, 0.6) is 0 Å². The van der Waals surface area contributed by atoms with Gasteiger partial charge < -0.3 is 9.47 Å². The summed E-state index contributed by atoms with van der Waals surface area (Å²) < 4.78 is 11.6. The number of hydrogen-bond acceptors (Lipinski definition) is 4. The van der Waals surface area contributed by atoms with Crippen LogP contribution in [0.3, 0.4) is 0 Å². The molecule has 182 valence electrons. The predicted octanol–water partition coefficient (Wildman–Crippen LogP) is 6.40. The Labute approximate surface area is 199 Å². The van der Waals surface area contributed by atoms with Gasteiger partial charge in [-0.05, 0) is 133 Å². The third kappa shape index (κ3) is 4.32. The van der Waals surface area contributed by atoms with E-state index in [-0.39, 0.29) is 23.1 Å². The van der Waals surface area contributed by atoms with Crippen LogP contribution in [0.2, 0.25) is 0 Å². The van der Waals surface area contributed by atoms with Crippen molar-refractivity contribution in [2.24, 2.45) is 41.4 Å². The third-order valence-electron chi connectivity index (χ3n) is 10.1. The molecule has 0 amide bonds. The van der Waals surface area contributed by atoms with Gasteiger partial charge in [0.25, 0.3) is 0 Å². The van der Waals surface area contributed by atoms with Crippen molar-refractivity contribution in [3.63, 3.8) is 0 Å². The minimum Gasteiger partial charge on any atom is -0.456 e. The quantitative estimate of drug-likeness (QED) is 0.364. The lowest BCUT2D eigenvalue weighted by Crippen LogP contribution is -2.58. The van der Waals surface area contributed by atoms with Gasteiger partial charge in [-0.1, -0.05) is 13.2 Å². The molecule has 8 aliphatic carbocycles. The third-order valence-corrected chi connectivity index (χ3v) is 10.1. The van der Waals surface area contributed by atoms with E-state index in [0.717, 1.165) is 48.9 Å². The predicted molar refractivity (Wildman–Crippen MR) is 128 cm³/mol. The van der Waals surface area contributed by atoms with Gasteiger partial charge in [-0.3, -0.25) is 0 Å². The molecule has 0 saturated heterocycles. The van der Waals surface area contributed by atoms with E-state index < -0.39 is 0 Å². The lowest BCUT2D eigenvalue weighted by molar-refractivity contribution is -0.199. The smallest absolute Gasteiger partial charge is 0.333 e. The Kier molecular flexibility index (Phi) is 5.81. The average molecular weight is 455 g/mol. The van der Waals surface area contributed by atoms with Crippen LogP contribution in [0.4, 0.5) is 0 Å². The van der Waals surface area contributed by atoms with E-state index in [1.54, 1.807) is 13.8 Å². The first-order valence-corrected chi connectivity index (χ1v) is 13.3. The molecule has 8 aliphatic rings.